The van der Waals surface area contributed by atoms with Crippen molar-refractivity contribution in [1.82, 2.24) is 5.32 Å². The molecule has 0 heterocycles. The van der Waals surface area contributed by atoms with E-state index in [1.165, 1.54) is 24.0 Å². The van der Waals surface area contributed by atoms with Crippen molar-refractivity contribution in [3.8, 4) is 12.3 Å². The molecule has 1 nitrogen and oxygen atoms in total. The van der Waals surface area contributed by atoms with Crippen LogP contribution in [0.2, 0.25) is 0 Å². The molecule has 0 amide bonds. The smallest absolute Gasteiger partial charge is 0.0663 e. The molecule has 72 valence electrons. The van der Waals surface area contributed by atoms with Crippen molar-refractivity contribution in [3.63, 3.8) is 0 Å². The second kappa shape index (κ2) is 3.86. The van der Waals surface area contributed by atoms with Gasteiger partial charge in [-0.2, -0.15) is 0 Å². The van der Waals surface area contributed by atoms with E-state index in [-0.39, 0.29) is 6.04 Å². The van der Waals surface area contributed by atoms with Crippen LogP contribution in [0.3, 0.4) is 0 Å². The van der Waals surface area contributed by atoms with Crippen LogP contribution in [0.1, 0.15) is 30.5 Å². The molecule has 1 aliphatic carbocycles. The van der Waals surface area contributed by atoms with Crippen LogP contribution in [-0.4, -0.2) is 6.04 Å². The monoisotopic (exact) mass is 185 g/mol. The molecular formula is C13H15N. The second-order valence-electron chi connectivity index (χ2n) is 3.85. The third-order valence-corrected chi connectivity index (χ3v) is 2.83. The lowest BCUT2D eigenvalue weighted by atomic mass is 10.1. The Hall–Kier alpha value is -1.26. The first-order chi connectivity index (χ1) is 6.81. The number of aryl methyl sites for hydroxylation is 1. The van der Waals surface area contributed by atoms with E-state index < -0.39 is 0 Å². The summed E-state index contributed by atoms with van der Waals surface area (Å²) in [5, 5.41) is 3.45. The molecule has 2 atom stereocenters. The largest absolute Gasteiger partial charge is 0.297 e. The molecule has 1 aliphatic rings. The van der Waals surface area contributed by atoms with Gasteiger partial charge in [-0.3, -0.25) is 5.32 Å². The molecule has 0 aliphatic heterocycles. The van der Waals surface area contributed by atoms with Gasteiger partial charge < -0.3 is 0 Å². The van der Waals surface area contributed by atoms with Crippen LogP contribution >= 0.6 is 0 Å². The average molecular weight is 185 g/mol. The summed E-state index contributed by atoms with van der Waals surface area (Å²) in [6, 6.07) is 9.22. The van der Waals surface area contributed by atoms with Gasteiger partial charge in [0.1, 0.15) is 0 Å². The van der Waals surface area contributed by atoms with Gasteiger partial charge in [0.15, 0.2) is 0 Å². The Labute approximate surface area is 85.5 Å². The van der Waals surface area contributed by atoms with Crippen molar-refractivity contribution in [3.05, 3.63) is 35.4 Å². The van der Waals surface area contributed by atoms with Gasteiger partial charge in [-0.15, -0.1) is 6.42 Å². The summed E-state index contributed by atoms with van der Waals surface area (Å²) in [4.78, 5) is 0. The zero-order chi connectivity index (χ0) is 9.97. The van der Waals surface area contributed by atoms with Crippen molar-refractivity contribution >= 4 is 0 Å². The summed E-state index contributed by atoms with van der Waals surface area (Å²) < 4.78 is 0. The van der Waals surface area contributed by atoms with Gasteiger partial charge in [0.2, 0.25) is 0 Å². The minimum absolute atomic E-state index is 0.158. The maximum Gasteiger partial charge on any atom is 0.0663 e. The van der Waals surface area contributed by atoms with E-state index in [0.29, 0.717) is 6.04 Å². The standard InChI is InChI=1S/C13H15N/c1-3-10(2)14-13-9-8-11-6-4-5-7-12(11)13/h1,4-7,10,13-14H,8-9H2,2H3/t10?,13-/m1/s1. The predicted octanol–water partition coefficient (Wildman–Crippen LogP) is 2.29. The fourth-order valence-electron chi connectivity index (χ4n) is 2.08. The minimum atomic E-state index is 0.158. The summed E-state index contributed by atoms with van der Waals surface area (Å²) in [6.07, 6.45) is 7.70. The summed E-state index contributed by atoms with van der Waals surface area (Å²) in [7, 11) is 0. The Balaban J connectivity index is 2.15. The van der Waals surface area contributed by atoms with Crippen molar-refractivity contribution < 1.29 is 0 Å². The van der Waals surface area contributed by atoms with E-state index >= 15 is 0 Å². The third-order valence-electron chi connectivity index (χ3n) is 2.83. The molecule has 0 saturated carbocycles. The predicted molar refractivity (Wildman–Crippen MR) is 58.9 cm³/mol. The van der Waals surface area contributed by atoms with E-state index in [9.17, 15) is 0 Å². The number of fused-ring (bicyclic) bond motifs is 1. The van der Waals surface area contributed by atoms with Crippen LogP contribution in [-0.2, 0) is 6.42 Å². The van der Waals surface area contributed by atoms with E-state index in [1.807, 2.05) is 6.92 Å². The lowest BCUT2D eigenvalue weighted by molar-refractivity contribution is 0.508. The van der Waals surface area contributed by atoms with Gasteiger partial charge in [0.05, 0.1) is 6.04 Å². The van der Waals surface area contributed by atoms with Crippen LogP contribution in [0.25, 0.3) is 0 Å². The van der Waals surface area contributed by atoms with Crippen LogP contribution in [0.15, 0.2) is 24.3 Å². The lowest BCUT2D eigenvalue weighted by Gasteiger charge is -2.16. The zero-order valence-corrected chi connectivity index (χ0v) is 8.46. The molecule has 1 unspecified atom stereocenters. The normalized spacial score (nSPS) is 21.3. The van der Waals surface area contributed by atoms with Crippen molar-refractivity contribution in [2.24, 2.45) is 0 Å². The Bertz CT molecular complexity index is 362. The number of nitrogens with one attached hydrogen (secondary N) is 1. The molecule has 1 N–H and O–H groups in total. The maximum absolute atomic E-state index is 5.36. The zero-order valence-electron chi connectivity index (χ0n) is 8.46. The molecule has 0 spiro atoms. The van der Waals surface area contributed by atoms with Gasteiger partial charge in [-0.05, 0) is 30.9 Å². The SMILES string of the molecule is C#CC(C)N[C@@H]1CCc2ccccc21. The topological polar surface area (TPSA) is 12.0 Å². The first-order valence-electron chi connectivity index (χ1n) is 5.11. The molecule has 1 aromatic carbocycles. The Morgan fingerprint density at radius 1 is 1.50 bits per heavy atom. The molecule has 0 fully saturated rings. The van der Waals surface area contributed by atoms with Crippen LogP contribution < -0.4 is 5.32 Å². The number of hydrogen-bond acceptors (Lipinski definition) is 1. The summed E-state index contributed by atoms with van der Waals surface area (Å²) in [6.45, 7) is 2.03. The molecule has 0 radical (unpaired) electrons. The highest BCUT2D eigenvalue weighted by molar-refractivity contribution is 5.34. The molecule has 0 saturated heterocycles. The molecule has 14 heavy (non-hydrogen) atoms. The molecule has 1 heteroatoms. The Morgan fingerprint density at radius 2 is 2.29 bits per heavy atom. The molecule has 0 aromatic heterocycles. The lowest BCUT2D eigenvalue weighted by Crippen LogP contribution is -2.27. The number of rotatable bonds is 2. The first-order valence-corrected chi connectivity index (χ1v) is 5.11. The highest BCUT2D eigenvalue weighted by Gasteiger charge is 2.22. The number of benzene rings is 1. The van der Waals surface area contributed by atoms with Crippen molar-refractivity contribution in [2.75, 3.05) is 0 Å². The van der Waals surface area contributed by atoms with Gasteiger partial charge in [-0.25, -0.2) is 0 Å². The van der Waals surface area contributed by atoms with Gasteiger partial charge in [-0.1, -0.05) is 30.2 Å². The summed E-state index contributed by atoms with van der Waals surface area (Å²) in [5.41, 5.74) is 2.89. The minimum Gasteiger partial charge on any atom is -0.297 e. The summed E-state index contributed by atoms with van der Waals surface area (Å²) >= 11 is 0. The molecule has 1 aromatic rings. The van der Waals surface area contributed by atoms with Crippen LogP contribution in [0, 0.1) is 12.3 Å². The van der Waals surface area contributed by atoms with Gasteiger partial charge in [0, 0.05) is 6.04 Å². The van der Waals surface area contributed by atoms with E-state index in [0.717, 1.165) is 0 Å². The van der Waals surface area contributed by atoms with Gasteiger partial charge in [0.25, 0.3) is 0 Å². The Morgan fingerprint density at radius 3 is 3.07 bits per heavy atom. The molecule has 0 bridgehead atoms. The summed E-state index contributed by atoms with van der Waals surface area (Å²) in [5.74, 6) is 2.71. The van der Waals surface area contributed by atoms with E-state index in [4.69, 9.17) is 6.42 Å². The maximum atomic E-state index is 5.36. The first kappa shape index (κ1) is 9.30. The molecular weight excluding hydrogens is 170 g/mol. The van der Waals surface area contributed by atoms with Gasteiger partial charge >= 0.3 is 0 Å². The fraction of sp³-hybridized carbons (Fsp3) is 0.385. The molecule has 2 rings (SSSR count). The van der Waals surface area contributed by atoms with Crippen molar-refractivity contribution in [2.45, 2.75) is 31.8 Å². The third kappa shape index (κ3) is 1.66. The highest BCUT2D eigenvalue weighted by atomic mass is 14.9. The number of terminal acetylenes is 1. The van der Waals surface area contributed by atoms with Crippen LogP contribution in [0.5, 0.6) is 0 Å². The van der Waals surface area contributed by atoms with E-state index in [2.05, 4.69) is 35.5 Å². The quantitative estimate of drug-likeness (QED) is 0.697. The fourth-order valence-corrected chi connectivity index (χ4v) is 2.08. The highest BCUT2D eigenvalue weighted by Crippen LogP contribution is 2.30. The van der Waals surface area contributed by atoms with Crippen molar-refractivity contribution in [1.29, 1.82) is 0 Å². The second-order valence-corrected chi connectivity index (χ2v) is 3.85. The Kier molecular flexibility index (Phi) is 2.56. The number of hydrogen-bond donors (Lipinski definition) is 1. The average Bonchev–Trinajstić information content (AvgIpc) is 2.62. The van der Waals surface area contributed by atoms with E-state index in [1.54, 1.807) is 0 Å². The van der Waals surface area contributed by atoms with Crippen LogP contribution in [0.4, 0.5) is 0 Å².